The van der Waals surface area contributed by atoms with Crippen LogP contribution in [0.4, 0.5) is 0 Å². The van der Waals surface area contributed by atoms with Gasteiger partial charge >= 0.3 is 0 Å². The summed E-state index contributed by atoms with van der Waals surface area (Å²) in [6.07, 6.45) is 2.89. The van der Waals surface area contributed by atoms with Crippen LogP contribution in [0.2, 0.25) is 0 Å². The lowest BCUT2D eigenvalue weighted by Crippen LogP contribution is -2.21. The number of rotatable bonds is 6. The Labute approximate surface area is 73.6 Å². The minimum atomic E-state index is -0.222. The maximum atomic E-state index is 8.30. The van der Waals surface area contributed by atoms with Crippen LogP contribution in [0.1, 0.15) is 40.0 Å². The number of hydrogen-bond acceptors (Lipinski definition) is 4. The van der Waals surface area contributed by atoms with E-state index < -0.39 is 0 Å². The molecule has 0 rings (SSSR count). The monoisotopic (exact) mass is 177 g/mol. The summed E-state index contributed by atoms with van der Waals surface area (Å²) in [6.45, 7) is 6.13. The fourth-order valence-corrected chi connectivity index (χ4v) is 1.03. The molecule has 4 heteroatoms. The van der Waals surface area contributed by atoms with E-state index >= 15 is 0 Å². The Morgan fingerprint density at radius 3 is 2.17 bits per heavy atom. The lowest BCUT2D eigenvalue weighted by atomic mass is 10.1. The van der Waals surface area contributed by atoms with Crippen molar-refractivity contribution in [2.45, 2.75) is 46.1 Å². The summed E-state index contributed by atoms with van der Waals surface area (Å²) >= 11 is 0. The van der Waals surface area contributed by atoms with E-state index in [9.17, 15) is 0 Å². The van der Waals surface area contributed by atoms with Crippen LogP contribution in [-0.4, -0.2) is 21.9 Å². The Morgan fingerprint density at radius 2 is 1.75 bits per heavy atom. The molecule has 0 aliphatic rings. The molecule has 0 amide bonds. The van der Waals surface area contributed by atoms with Crippen LogP contribution in [-0.2, 0) is 4.84 Å². The molecule has 0 fully saturated rings. The minimum Gasteiger partial charge on any atom is -0.266 e. The first-order chi connectivity index (χ1) is 5.52. The van der Waals surface area contributed by atoms with Crippen LogP contribution < -0.4 is 0 Å². The van der Waals surface area contributed by atoms with Gasteiger partial charge in [-0.3, -0.25) is 10.4 Å². The Kier molecular flexibility index (Phi) is 6.28. The van der Waals surface area contributed by atoms with Gasteiger partial charge in [0.25, 0.3) is 0 Å². The zero-order chi connectivity index (χ0) is 9.56. The van der Waals surface area contributed by atoms with Gasteiger partial charge in [-0.1, -0.05) is 26.7 Å². The van der Waals surface area contributed by atoms with Crippen molar-refractivity contribution < 1.29 is 15.3 Å². The van der Waals surface area contributed by atoms with Crippen LogP contribution in [0.25, 0.3) is 0 Å². The second kappa shape index (κ2) is 6.37. The molecule has 0 saturated heterocycles. The second-order valence-corrected chi connectivity index (χ2v) is 3.49. The van der Waals surface area contributed by atoms with Crippen molar-refractivity contribution in [2.24, 2.45) is 5.92 Å². The maximum Gasteiger partial charge on any atom is 0.0816 e. The van der Waals surface area contributed by atoms with E-state index in [0.29, 0.717) is 5.92 Å². The molecule has 0 aromatic rings. The molecule has 0 heterocycles. The lowest BCUT2D eigenvalue weighted by Gasteiger charge is -2.14. The molecule has 12 heavy (non-hydrogen) atoms. The predicted molar refractivity (Wildman–Crippen MR) is 44.6 cm³/mol. The summed E-state index contributed by atoms with van der Waals surface area (Å²) in [5.41, 5.74) is 0. The largest absolute Gasteiger partial charge is 0.266 e. The molecule has 74 valence electrons. The summed E-state index contributed by atoms with van der Waals surface area (Å²) in [5, 5.41) is 16.4. The van der Waals surface area contributed by atoms with Gasteiger partial charge < -0.3 is 0 Å². The van der Waals surface area contributed by atoms with Crippen LogP contribution in [0.5, 0.6) is 0 Å². The van der Waals surface area contributed by atoms with E-state index in [0.717, 1.165) is 19.3 Å². The SMILES string of the molecule is CC(C)CCC[C@H](C)ON(O)O. The molecule has 1 atom stereocenters. The molecule has 0 aromatic carbocycles. The van der Waals surface area contributed by atoms with E-state index in [1.165, 1.54) is 0 Å². The van der Waals surface area contributed by atoms with Crippen molar-refractivity contribution in [1.82, 2.24) is 5.39 Å². The summed E-state index contributed by atoms with van der Waals surface area (Å²) in [6, 6.07) is 0. The highest BCUT2D eigenvalue weighted by Crippen LogP contribution is 2.10. The summed E-state index contributed by atoms with van der Waals surface area (Å²) < 4.78 is 0. The quantitative estimate of drug-likeness (QED) is 0.611. The molecule has 0 aliphatic carbocycles. The Balaban J connectivity index is 3.25. The lowest BCUT2D eigenvalue weighted by molar-refractivity contribution is -0.503. The topological polar surface area (TPSA) is 52.9 Å². The normalized spacial score (nSPS) is 14.2. The van der Waals surface area contributed by atoms with E-state index in [1.807, 2.05) is 0 Å². The van der Waals surface area contributed by atoms with E-state index in [-0.39, 0.29) is 11.5 Å². The van der Waals surface area contributed by atoms with Crippen LogP contribution in [0, 0.1) is 5.92 Å². The molecule has 0 aromatic heterocycles. The van der Waals surface area contributed by atoms with Crippen LogP contribution in [0.3, 0.4) is 0 Å². The van der Waals surface area contributed by atoms with Gasteiger partial charge in [0.1, 0.15) is 0 Å². The van der Waals surface area contributed by atoms with Gasteiger partial charge in [-0.2, -0.15) is 0 Å². The minimum absolute atomic E-state index is 0.140. The Hall–Kier alpha value is -0.160. The molecule has 0 spiro atoms. The molecule has 2 N–H and O–H groups in total. The fourth-order valence-electron chi connectivity index (χ4n) is 1.03. The standard InChI is InChI=1S/C8H19NO3/c1-7(2)5-4-6-8(3)12-9(10)11/h7-8,10-11H,4-6H2,1-3H3/t8-/m0/s1. The van der Waals surface area contributed by atoms with Gasteiger partial charge in [-0.15, -0.1) is 0 Å². The van der Waals surface area contributed by atoms with Crippen LogP contribution >= 0.6 is 0 Å². The van der Waals surface area contributed by atoms with Gasteiger partial charge in [0.15, 0.2) is 0 Å². The molecule has 0 saturated carbocycles. The third-order valence-electron chi connectivity index (χ3n) is 1.67. The maximum absolute atomic E-state index is 8.30. The van der Waals surface area contributed by atoms with Crippen molar-refractivity contribution in [3.05, 3.63) is 0 Å². The van der Waals surface area contributed by atoms with Gasteiger partial charge in [0, 0.05) is 0 Å². The first kappa shape index (κ1) is 11.8. The third kappa shape index (κ3) is 7.94. The molecule has 0 aliphatic heterocycles. The average Bonchev–Trinajstić information content (AvgIpc) is 1.84. The summed E-state index contributed by atoms with van der Waals surface area (Å²) in [7, 11) is 0. The molecule has 0 bridgehead atoms. The molecular formula is C8H19NO3. The Morgan fingerprint density at radius 1 is 1.17 bits per heavy atom. The highest BCUT2D eigenvalue weighted by molar-refractivity contribution is 4.51. The van der Waals surface area contributed by atoms with E-state index in [1.54, 1.807) is 6.92 Å². The van der Waals surface area contributed by atoms with Crippen molar-refractivity contribution in [3.63, 3.8) is 0 Å². The number of hydrogen-bond donors (Lipinski definition) is 2. The van der Waals surface area contributed by atoms with Gasteiger partial charge in [-0.25, -0.2) is 4.84 Å². The zero-order valence-electron chi connectivity index (χ0n) is 8.03. The first-order valence-corrected chi connectivity index (χ1v) is 4.37. The highest BCUT2D eigenvalue weighted by Gasteiger charge is 2.06. The zero-order valence-corrected chi connectivity index (χ0v) is 8.03. The first-order valence-electron chi connectivity index (χ1n) is 4.37. The summed E-state index contributed by atoms with van der Waals surface area (Å²) in [4.78, 5) is 4.58. The van der Waals surface area contributed by atoms with Crippen molar-refractivity contribution in [1.29, 1.82) is 0 Å². The second-order valence-electron chi connectivity index (χ2n) is 3.49. The predicted octanol–water partition coefficient (Wildman–Crippen LogP) is 2.21. The van der Waals surface area contributed by atoms with Gasteiger partial charge in [0.05, 0.1) is 11.5 Å². The molecule has 0 unspecified atom stereocenters. The summed E-state index contributed by atoms with van der Waals surface area (Å²) in [5.74, 6) is 0.691. The molecular weight excluding hydrogens is 158 g/mol. The van der Waals surface area contributed by atoms with Crippen molar-refractivity contribution in [2.75, 3.05) is 0 Å². The van der Waals surface area contributed by atoms with E-state index in [2.05, 4.69) is 18.7 Å². The van der Waals surface area contributed by atoms with Crippen molar-refractivity contribution in [3.8, 4) is 0 Å². The average molecular weight is 177 g/mol. The van der Waals surface area contributed by atoms with Crippen molar-refractivity contribution >= 4 is 0 Å². The molecule has 0 radical (unpaired) electrons. The molecule has 4 nitrogen and oxygen atoms in total. The van der Waals surface area contributed by atoms with Gasteiger partial charge in [0.2, 0.25) is 0 Å². The van der Waals surface area contributed by atoms with Gasteiger partial charge in [-0.05, 0) is 19.3 Å². The fraction of sp³-hybridized carbons (Fsp3) is 1.00. The van der Waals surface area contributed by atoms with Crippen LogP contribution in [0.15, 0.2) is 0 Å². The highest BCUT2D eigenvalue weighted by atomic mass is 17.1. The Bertz CT molecular complexity index is 106. The smallest absolute Gasteiger partial charge is 0.0816 e. The van der Waals surface area contributed by atoms with E-state index in [4.69, 9.17) is 10.4 Å². The number of nitrogens with zero attached hydrogens (tertiary/aromatic N) is 1. The third-order valence-corrected chi connectivity index (χ3v) is 1.67.